The minimum atomic E-state index is -0.335. The van der Waals surface area contributed by atoms with Crippen molar-refractivity contribution < 1.29 is 19.1 Å². The molecule has 2 aliphatic rings. The summed E-state index contributed by atoms with van der Waals surface area (Å²) < 4.78 is 11.0. The molecule has 1 fully saturated rings. The Hall–Kier alpha value is -2.73. The van der Waals surface area contributed by atoms with Crippen molar-refractivity contribution in [1.29, 1.82) is 0 Å². The summed E-state index contributed by atoms with van der Waals surface area (Å²) in [6.07, 6.45) is 0.530. The Morgan fingerprint density at radius 2 is 1.67 bits per heavy atom. The van der Waals surface area contributed by atoms with Gasteiger partial charge in [0.05, 0.1) is 11.8 Å². The zero-order valence-corrected chi connectivity index (χ0v) is 15.5. The second-order valence-electron chi connectivity index (χ2n) is 6.74. The number of hydrogen-bond acceptors (Lipinski definition) is 4. The highest BCUT2D eigenvalue weighted by atomic mass is 35.5. The number of hydrogen-bond donors (Lipinski definition) is 2. The van der Waals surface area contributed by atoms with Gasteiger partial charge < -0.3 is 20.1 Å². The summed E-state index contributed by atoms with van der Waals surface area (Å²) in [5, 5.41) is 6.27. The Balaban J connectivity index is 1.36. The second kappa shape index (κ2) is 7.12. The van der Waals surface area contributed by atoms with Crippen molar-refractivity contribution in [2.24, 2.45) is 11.8 Å². The number of aryl methyl sites for hydroxylation is 1. The molecule has 2 unspecified atom stereocenters. The molecule has 2 atom stereocenters. The predicted octanol–water partition coefficient (Wildman–Crippen LogP) is 3.63. The molecular formula is C20H19ClN2O4. The lowest BCUT2D eigenvalue weighted by molar-refractivity contribution is -0.122. The molecule has 140 valence electrons. The van der Waals surface area contributed by atoms with Crippen molar-refractivity contribution in [3.8, 4) is 11.5 Å². The van der Waals surface area contributed by atoms with Crippen LogP contribution >= 0.6 is 11.6 Å². The molecule has 2 aromatic carbocycles. The van der Waals surface area contributed by atoms with E-state index in [1.54, 1.807) is 30.3 Å². The summed E-state index contributed by atoms with van der Waals surface area (Å²) in [4.78, 5) is 24.9. The summed E-state index contributed by atoms with van der Waals surface area (Å²) in [5.74, 6) is 0.274. The molecule has 1 heterocycles. The first-order valence-corrected chi connectivity index (χ1v) is 9.16. The zero-order chi connectivity index (χ0) is 19.0. The van der Waals surface area contributed by atoms with Crippen LogP contribution in [0.2, 0.25) is 5.02 Å². The largest absolute Gasteiger partial charge is 0.486 e. The van der Waals surface area contributed by atoms with Crippen LogP contribution in [0.15, 0.2) is 36.4 Å². The van der Waals surface area contributed by atoms with Gasteiger partial charge in [0.2, 0.25) is 11.8 Å². The van der Waals surface area contributed by atoms with Crippen molar-refractivity contribution in [1.82, 2.24) is 0 Å². The third-order valence-electron chi connectivity index (χ3n) is 4.73. The van der Waals surface area contributed by atoms with E-state index in [2.05, 4.69) is 10.6 Å². The molecule has 4 rings (SSSR count). The van der Waals surface area contributed by atoms with Gasteiger partial charge in [-0.3, -0.25) is 9.59 Å². The van der Waals surface area contributed by atoms with Gasteiger partial charge in [0, 0.05) is 22.5 Å². The Morgan fingerprint density at radius 1 is 0.963 bits per heavy atom. The maximum atomic E-state index is 12.4. The molecule has 1 saturated carbocycles. The molecule has 2 amide bonds. The maximum absolute atomic E-state index is 12.4. The Morgan fingerprint density at radius 3 is 2.44 bits per heavy atom. The molecule has 0 aromatic heterocycles. The number of halogens is 1. The van der Waals surface area contributed by atoms with E-state index in [-0.39, 0.29) is 23.7 Å². The minimum Gasteiger partial charge on any atom is -0.486 e. The maximum Gasteiger partial charge on any atom is 0.228 e. The van der Waals surface area contributed by atoms with Gasteiger partial charge in [-0.1, -0.05) is 17.7 Å². The molecule has 7 heteroatoms. The van der Waals surface area contributed by atoms with E-state index < -0.39 is 0 Å². The monoisotopic (exact) mass is 386 g/mol. The van der Waals surface area contributed by atoms with Crippen LogP contribution in [0.4, 0.5) is 11.4 Å². The lowest BCUT2D eigenvalue weighted by Crippen LogP contribution is -2.21. The topological polar surface area (TPSA) is 76.7 Å². The summed E-state index contributed by atoms with van der Waals surface area (Å²) in [5.41, 5.74) is 2.22. The van der Waals surface area contributed by atoms with Crippen LogP contribution in [0.3, 0.4) is 0 Å². The number of nitrogens with one attached hydrogen (secondary N) is 2. The molecule has 0 spiro atoms. The predicted molar refractivity (Wildman–Crippen MR) is 102 cm³/mol. The fourth-order valence-corrected chi connectivity index (χ4v) is 3.26. The molecule has 2 N–H and O–H groups in total. The lowest BCUT2D eigenvalue weighted by atomic mass is 10.2. The summed E-state index contributed by atoms with van der Waals surface area (Å²) in [6.45, 7) is 2.90. The quantitative estimate of drug-likeness (QED) is 0.841. The van der Waals surface area contributed by atoms with Gasteiger partial charge in [0.25, 0.3) is 0 Å². The van der Waals surface area contributed by atoms with Gasteiger partial charge in [0.1, 0.15) is 13.2 Å². The van der Waals surface area contributed by atoms with Crippen LogP contribution in [0, 0.1) is 18.8 Å². The van der Waals surface area contributed by atoms with Crippen LogP contribution in [-0.4, -0.2) is 25.0 Å². The number of anilines is 2. The smallest absolute Gasteiger partial charge is 0.228 e. The SMILES string of the molecule is Cc1ccc(Cl)cc1NC(=O)C1CC1C(=O)Nc1ccc2c(c1)OCCO2. The number of rotatable bonds is 4. The highest BCUT2D eigenvalue weighted by Gasteiger charge is 2.48. The third kappa shape index (κ3) is 3.85. The number of fused-ring (bicyclic) bond motifs is 1. The summed E-state index contributed by atoms with van der Waals surface area (Å²) in [6, 6.07) is 10.6. The highest BCUT2D eigenvalue weighted by Crippen LogP contribution is 2.41. The van der Waals surface area contributed by atoms with Crippen LogP contribution in [0.25, 0.3) is 0 Å². The van der Waals surface area contributed by atoms with E-state index in [9.17, 15) is 9.59 Å². The molecule has 27 heavy (non-hydrogen) atoms. The van der Waals surface area contributed by atoms with Crippen molar-refractivity contribution in [2.45, 2.75) is 13.3 Å². The molecular weight excluding hydrogens is 368 g/mol. The normalized spacial score (nSPS) is 19.9. The van der Waals surface area contributed by atoms with Crippen molar-refractivity contribution in [2.75, 3.05) is 23.8 Å². The van der Waals surface area contributed by atoms with Gasteiger partial charge in [-0.2, -0.15) is 0 Å². The first-order valence-electron chi connectivity index (χ1n) is 8.79. The molecule has 2 aromatic rings. The molecule has 6 nitrogen and oxygen atoms in total. The third-order valence-corrected chi connectivity index (χ3v) is 4.97. The molecule has 0 radical (unpaired) electrons. The molecule has 0 bridgehead atoms. The van der Waals surface area contributed by atoms with Crippen LogP contribution in [-0.2, 0) is 9.59 Å². The van der Waals surface area contributed by atoms with Gasteiger partial charge in [-0.05, 0) is 43.2 Å². The number of ether oxygens (including phenoxy) is 2. The van der Waals surface area contributed by atoms with Crippen molar-refractivity contribution in [3.05, 3.63) is 47.0 Å². The van der Waals surface area contributed by atoms with Gasteiger partial charge in [0.15, 0.2) is 11.5 Å². The minimum absolute atomic E-state index is 0.164. The number of benzene rings is 2. The Labute approximate surface area is 161 Å². The number of carbonyl (C=O) groups excluding carboxylic acids is 2. The highest BCUT2D eigenvalue weighted by molar-refractivity contribution is 6.31. The summed E-state index contributed by atoms with van der Waals surface area (Å²) >= 11 is 5.98. The fourth-order valence-electron chi connectivity index (χ4n) is 3.08. The van der Waals surface area contributed by atoms with Gasteiger partial charge in [-0.25, -0.2) is 0 Å². The average molecular weight is 387 g/mol. The summed E-state index contributed by atoms with van der Waals surface area (Å²) in [7, 11) is 0. The van der Waals surface area contributed by atoms with E-state index in [1.165, 1.54) is 0 Å². The average Bonchev–Trinajstić information content (AvgIpc) is 3.46. The number of amides is 2. The second-order valence-corrected chi connectivity index (χ2v) is 7.18. The van der Waals surface area contributed by atoms with E-state index in [1.807, 2.05) is 13.0 Å². The van der Waals surface area contributed by atoms with Crippen LogP contribution in [0.1, 0.15) is 12.0 Å². The van der Waals surface area contributed by atoms with Crippen molar-refractivity contribution >= 4 is 34.8 Å². The molecule has 1 aliphatic heterocycles. The fraction of sp³-hybridized carbons (Fsp3) is 0.300. The van der Waals surface area contributed by atoms with E-state index in [4.69, 9.17) is 21.1 Å². The van der Waals surface area contributed by atoms with Crippen LogP contribution in [0.5, 0.6) is 11.5 Å². The Bertz CT molecular complexity index is 915. The number of carbonyl (C=O) groups is 2. The molecule has 1 aliphatic carbocycles. The van der Waals surface area contributed by atoms with Crippen LogP contribution < -0.4 is 20.1 Å². The van der Waals surface area contributed by atoms with E-state index in [0.29, 0.717) is 47.5 Å². The lowest BCUT2D eigenvalue weighted by Gasteiger charge is -2.19. The van der Waals surface area contributed by atoms with Crippen molar-refractivity contribution in [3.63, 3.8) is 0 Å². The van der Waals surface area contributed by atoms with Gasteiger partial charge in [-0.15, -0.1) is 0 Å². The Kier molecular flexibility index (Phi) is 4.66. The first-order chi connectivity index (χ1) is 13.0. The van der Waals surface area contributed by atoms with E-state index >= 15 is 0 Å². The van der Waals surface area contributed by atoms with Gasteiger partial charge >= 0.3 is 0 Å². The first kappa shape index (κ1) is 17.7. The standard InChI is InChI=1S/C20H19ClN2O4/c1-11-2-3-12(21)8-16(11)23-20(25)15-10-14(15)19(24)22-13-4-5-17-18(9-13)27-7-6-26-17/h2-5,8-9,14-15H,6-7,10H2,1H3,(H,22,24)(H,23,25). The van der Waals surface area contributed by atoms with E-state index in [0.717, 1.165) is 5.56 Å². The zero-order valence-electron chi connectivity index (χ0n) is 14.8. The molecule has 0 saturated heterocycles.